The fraction of sp³-hybridized carbons (Fsp3) is 0.0588. The van der Waals surface area contributed by atoms with Gasteiger partial charge in [-0.2, -0.15) is 23.4 Å². The topological polar surface area (TPSA) is 85.8 Å². The number of halogens is 4. The molecule has 0 aliphatic rings. The minimum atomic E-state index is -4.97. The highest BCUT2D eigenvalue weighted by molar-refractivity contribution is 7.12. The number of hydrogen-bond donors (Lipinski definition) is 1. The molecule has 0 aliphatic heterocycles. The van der Waals surface area contributed by atoms with Gasteiger partial charge in [0, 0.05) is 22.8 Å². The summed E-state index contributed by atoms with van der Waals surface area (Å²) in [5.41, 5.74) is -2.23. The maximum absolute atomic E-state index is 13.5. The standard InChI is InChI=1S/C17H9ClF3N5O2S/c18-9-1-3-10(4-2-9)25-7-5-11(23-25)13-12(15(27)28)14(17(19,20)21)24-26(13)16-22-6-8-29-16/h1-8H,(H,27,28). The largest absolute Gasteiger partial charge is 0.478 e. The van der Waals surface area contributed by atoms with Crippen molar-refractivity contribution in [2.24, 2.45) is 0 Å². The van der Waals surface area contributed by atoms with Gasteiger partial charge in [-0.15, -0.1) is 11.3 Å². The van der Waals surface area contributed by atoms with Crippen molar-refractivity contribution in [1.82, 2.24) is 24.5 Å². The molecule has 0 saturated heterocycles. The van der Waals surface area contributed by atoms with Crippen molar-refractivity contribution in [1.29, 1.82) is 0 Å². The molecule has 0 radical (unpaired) electrons. The van der Waals surface area contributed by atoms with Gasteiger partial charge in [-0.25, -0.2) is 19.1 Å². The summed E-state index contributed by atoms with van der Waals surface area (Å²) >= 11 is 6.87. The van der Waals surface area contributed by atoms with Gasteiger partial charge in [0.15, 0.2) is 5.69 Å². The fourth-order valence-corrected chi connectivity index (χ4v) is 3.43. The molecule has 4 rings (SSSR count). The van der Waals surface area contributed by atoms with Gasteiger partial charge in [0.25, 0.3) is 0 Å². The summed E-state index contributed by atoms with van der Waals surface area (Å²) < 4.78 is 42.7. The van der Waals surface area contributed by atoms with E-state index in [0.29, 0.717) is 10.7 Å². The smallest absolute Gasteiger partial charge is 0.436 e. The van der Waals surface area contributed by atoms with Gasteiger partial charge in [0.05, 0.1) is 5.69 Å². The predicted octanol–water partition coefficient (Wildman–Crippen LogP) is 4.55. The molecule has 1 N–H and O–H groups in total. The van der Waals surface area contributed by atoms with E-state index in [0.717, 1.165) is 16.0 Å². The van der Waals surface area contributed by atoms with E-state index >= 15 is 0 Å². The van der Waals surface area contributed by atoms with Gasteiger partial charge in [-0.1, -0.05) is 11.6 Å². The number of rotatable bonds is 4. The summed E-state index contributed by atoms with van der Waals surface area (Å²) in [6.07, 6.45) is -2.09. The number of aromatic carboxylic acids is 1. The van der Waals surface area contributed by atoms with Crippen LogP contribution in [0.4, 0.5) is 13.2 Å². The van der Waals surface area contributed by atoms with Crippen LogP contribution in [0.1, 0.15) is 16.1 Å². The maximum Gasteiger partial charge on any atom is 0.436 e. The van der Waals surface area contributed by atoms with Crippen LogP contribution >= 0.6 is 22.9 Å². The van der Waals surface area contributed by atoms with E-state index in [2.05, 4.69) is 15.2 Å². The molecule has 3 aromatic heterocycles. The number of nitrogens with zero attached hydrogens (tertiary/aromatic N) is 5. The van der Waals surface area contributed by atoms with E-state index in [4.69, 9.17) is 11.6 Å². The Kier molecular flexibility index (Phi) is 4.63. The van der Waals surface area contributed by atoms with Crippen molar-refractivity contribution in [3.63, 3.8) is 0 Å². The SMILES string of the molecule is O=C(O)c1c(C(F)(F)F)nn(-c2nccs2)c1-c1ccn(-c2ccc(Cl)cc2)n1. The highest BCUT2D eigenvalue weighted by Gasteiger charge is 2.43. The summed E-state index contributed by atoms with van der Waals surface area (Å²) in [5, 5.41) is 19.4. The van der Waals surface area contributed by atoms with Gasteiger partial charge in [-0.3, -0.25) is 0 Å². The lowest BCUT2D eigenvalue weighted by molar-refractivity contribution is -0.141. The molecule has 7 nitrogen and oxygen atoms in total. The van der Waals surface area contributed by atoms with Crippen LogP contribution in [0.15, 0.2) is 48.1 Å². The van der Waals surface area contributed by atoms with Crippen LogP contribution < -0.4 is 0 Å². The van der Waals surface area contributed by atoms with E-state index in [1.54, 1.807) is 29.6 Å². The van der Waals surface area contributed by atoms with Gasteiger partial charge < -0.3 is 5.11 Å². The molecule has 0 spiro atoms. The number of carbonyl (C=O) groups is 1. The van der Waals surface area contributed by atoms with Crippen molar-refractivity contribution in [3.8, 4) is 22.2 Å². The third-order valence-corrected chi connectivity index (χ3v) is 4.89. The molecule has 0 bridgehead atoms. The maximum atomic E-state index is 13.5. The molecular weight excluding hydrogens is 431 g/mol. The van der Waals surface area contributed by atoms with Crippen molar-refractivity contribution in [3.05, 3.63) is 64.4 Å². The second-order valence-electron chi connectivity index (χ2n) is 5.72. The zero-order valence-corrected chi connectivity index (χ0v) is 15.7. The lowest BCUT2D eigenvalue weighted by Crippen LogP contribution is -2.12. The predicted molar refractivity (Wildman–Crippen MR) is 98.8 cm³/mol. The first-order valence-electron chi connectivity index (χ1n) is 7.91. The zero-order valence-electron chi connectivity index (χ0n) is 14.1. The zero-order chi connectivity index (χ0) is 20.8. The minimum absolute atomic E-state index is 0.00412. The van der Waals surface area contributed by atoms with Crippen LogP contribution in [0.3, 0.4) is 0 Å². The lowest BCUT2D eigenvalue weighted by atomic mass is 10.1. The Labute approximate surface area is 169 Å². The Hall–Kier alpha value is -3.18. The molecule has 12 heteroatoms. The van der Waals surface area contributed by atoms with E-state index in [1.165, 1.54) is 23.1 Å². The molecule has 1 aromatic carbocycles. The Balaban J connectivity index is 1.94. The van der Waals surface area contributed by atoms with Crippen molar-refractivity contribution >= 4 is 28.9 Å². The van der Waals surface area contributed by atoms with E-state index in [-0.39, 0.29) is 16.5 Å². The molecular formula is C17H9ClF3N5O2S. The number of carboxylic acid groups (broad SMARTS) is 1. The van der Waals surface area contributed by atoms with Crippen LogP contribution in [0.25, 0.3) is 22.2 Å². The molecule has 148 valence electrons. The van der Waals surface area contributed by atoms with Gasteiger partial charge in [0.1, 0.15) is 17.0 Å². The number of carboxylic acids is 1. The number of alkyl halides is 3. The van der Waals surface area contributed by atoms with Crippen LogP contribution in [0, 0.1) is 0 Å². The Bertz CT molecular complexity index is 1180. The van der Waals surface area contributed by atoms with Crippen LogP contribution in [0.2, 0.25) is 5.02 Å². The summed E-state index contributed by atoms with van der Waals surface area (Å²) in [7, 11) is 0. The highest BCUT2D eigenvalue weighted by Crippen LogP contribution is 2.37. The van der Waals surface area contributed by atoms with E-state index in [9.17, 15) is 23.1 Å². The van der Waals surface area contributed by atoms with Crippen LogP contribution in [0.5, 0.6) is 0 Å². The second kappa shape index (κ2) is 7.01. The third kappa shape index (κ3) is 3.49. The summed E-state index contributed by atoms with van der Waals surface area (Å²) in [4.78, 5) is 15.7. The second-order valence-corrected chi connectivity index (χ2v) is 7.03. The van der Waals surface area contributed by atoms with Crippen LogP contribution in [-0.2, 0) is 6.18 Å². The molecule has 0 aliphatic carbocycles. The Morgan fingerprint density at radius 3 is 2.45 bits per heavy atom. The normalized spacial score (nSPS) is 11.7. The Morgan fingerprint density at radius 2 is 1.86 bits per heavy atom. The molecule has 0 saturated carbocycles. The third-order valence-electron chi connectivity index (χ3n) is 3.89. The average molecular weight is 440 g/mol. The van der Waals surface area contributed by atoms with Crippen molar-refractivity contribution in [2.45, 2.75) is 6.18 Å². The fourth-order valence-electron chi connectivity index (χ4n) is 2.70. The quantitative estimate of drug-likeness (QED) is 0.504. The van der Waals surface area contributed by atoms with Gasteiger partial charge in [0.2, 0.25) is 5.13 Å². The van der Waals surface area contributed by atoms with Crippen molar-refractivity contribution in [2.75, 3.05) is 0 Å². The first-order valence-corrected chi connectivity index (χ1v) is 9.17. The first kappa shape index (κ1) is 19.2. The molecule has 0 unspecified atom stereocenters. The van der Waals surface area contributed by atoms with Gasteiger partial charge >= 0.3 is 12.1 Å². The molecule has 4 aromatic rings. The summed E-state index contributed by atoms with van der Waals surface area (Å²) in [5.74, 6) is -1.77. The van der Waals surface area contributed by atoms with Crippen LogP contribution in [-0.4, -0.2) is 35.6 Å². The molecule has 0 fully saturated rings. The summed E-state index contributed by atoms with van der Waals surface area (Å²) in [6, 6.07) is 7.99. The molecule has 3 heterocycles. The number of benzene rings is 1. The van der Waals surface area contributed by atoms with E-state index < -0.39 is 23.4 Å². The number of hydrogen-bond acceptors (Lipinski definition) is 5. The summed E-state index contributed by atoms with van der Waals surface area (Å²) in [6.45, 7) is 0. The number of aromatic nitrogens is 5. The molecule has 29 heavy (non-hydrogen) atoms. The van der Waals surface area contributed by atoms with Crippen molar-refractivity contribution < 1.29 is 23.1 Å². The molecule has 0 amide bonds. The highest BCUT2D eigenvalue weighted by atomic mass is 35.5. The van der Waals surface area contributed by atoms with E-state index in [1.807, 2.05) is 0 Å². The Morgan fingerprint density at radius 1 is 1.14 bits per heavy atom. The molecule has 0 atom stereocenters. The minimum Gasteiger partial charge on any atom is -0.478 e. The first-order chi connectivity index (χ1) is 13.8. The monoisotopic (exact) mass is 439 g/mol. The number of thiazole rings is 1. The average Bonchev–Trinajstić information content (AvgIpc) is 3.39. The lowest BCUT2D eigenvalue weighted by Gasteiger charge is -2.04. The van der Waals surface area contributed by atoms with Gasteiger partial charge in [-0.05, 0) is 30.3 Å².